The molecule has 0 fully saturated rings. The van der Waals surface area contributed by atoms with Crippen LogP contribution in [0.2, 0.25) is 0 Å². The zero-order chi connectivity index (χ0) is 15.6. The number of halogens is 1. The Kier molecular flexibility index (Phi) is 4.15. The van der Waals surface area contributed by atoms with Gasteiger partial charge in [-0.25, -0.2) is 17.9 Å². The molecule has 0 bridgehead atoms. The van der Waals surface area contributed by atoms with Crippen molar-refractivity contribution in [1.29, 1.82) is 0 Å². The monoisotopic (exact) mass is 310 g/mol. The number of ether oxygens (including phenoxy) is 1. The molecule has 21 heavy (non-hydrogen) atoms. The lowest BCUT2D eigenvalue weighted by atomic mass is 10.2. The van der Waals surface area contributed by atoms with Gasteiger partial charge in [-0.05, 0) is 19.1 Å². The Morgan fingerprint density at radius 2 is 1.90 bits per heavy atom. The summed E-state index contributed by atoms with van der Waals surface area (Å²) in [5, 5.41) is 5.13. The van der Waals surface area contributed by atoms with Gasteiger partial charge in [0.1, 0.15) is 18.2 Å². The molecule has 0 aliphatic heterocycles. The summed E-state index contributed by atoms with van der Waals surface area (Å²) in [7, 11) is -3.90. The molecular weight excluding hydrogens is 295 g/mol. The summed E-state index contributed by atoms with van der Waals surface area (Å²) in [6, 6.07) is 8.90. The first kappa shape index (κ1) is 15.3. The molecule has 0 saturated heterocycles. The molecule has 0 saturated carbocycles. The molecule has 2 rings (SSSR count). The molecule has 112 valence electrons. The van der Waals surface area contributed by atoms with Gasteiger partial charge in [-0.1, -0.05) is 18.2 Å². The zero-order valence-corrected chi connectivity index (χ0v) is 12.2. The third-order valence-electron chi connectivity index (χ3n) is 2.98. The van der Waals surface area contributed by atoms with E-state index in [4.69, 9.17) is 15.6 Å². The minimum absolute atomic E-state index is 0.0406. The SMILES string of the molecule is Cc1c(OCc2ccccc2F)cc(N)cc1S(N)(=O)=O. The van der Waals surface area contributed by atoms with Crippen LogP contribution in [-0.2, 0) is 16.6 Å². The van der Waals surface area contributed by atoms with E-state index in [1.54, 1.807) is 25.1 Å². The van der Waals surface area contributed by atoms with E-state index in [-0.39, 0.29) is 22.9 Å². The number of primary sulfonamides is 1. The van der Waals surface area contributed by atoms with Crippen LogP contribution in [0.1, 0.15) is 11.1 Å². The Morgan fingerprint density at radius 3 is 2.52 bits per heavy atom. The number of nitrogens with two attached hydrogens (primary N) is 2. The van der Waals surface area contributed by atoms with Gasteiger partial charge in [-0.15, -0.1) is 0 Å². The molecule has 0 aliphatic carbocycles. The van der Waals surface area contributed by atoms with E-state index in [1.165, 1.54) is 18.2 Å². The van der Waals surface area contributed by atoms with Crippen LogP contribution in [0.5, 0.6) is 5.75 Å². The highest BCUT2D eigenvalue weighted by Gasteiger charge is 2.16. The number of hydrogen-bond donors (Lipinski definition) is 2. The molecule has 5 nitrogen and oxygen atoms in total. The minimum atomic E-state index is -3.90. The first-order chi connectivity index (χ1) is 9.79. The van der Waals surface area contributed by atoms with E-state index < -0.39 is 15.8 Å². The second-order valence-electron chi connectivity index (χ2n) is 4.57. The molecule has 4 N–H and O–H groups in total. The van der Waals surface area contributed by atoms with Crippen LogP contribution in [0.4, 0.5) is 10.1 Å². The zero-order valence-electron chi connectivity index (χ0n) is 11.3. The summed E-state index contributed by atoms with van der Waals surface area (Å²) in [5.41, 5.74) is 6.55. The number of benzene rings is 2. The molecule has 0 aliphatic rings. The smallest absolute Gasteiger partial charge is 0.238 e. The van der Waals surface area contributed by atoms with Crippen LogP contribution in [0.15, 0.2) is 41.3 Å². The highest BCUT2D eigenvalue weighted by atomic mass is 32.2. The van der Waals surface area contributed by atoms with Crippen LogP contribution >= 0.6 is 0 Å². The van der Waals surface area contributed by atoms with Gasteiger partial charge in [0.15, 0.2) is 0 Å². The highest BCUT2D eigenvalue weighted by Crippen LogP contribution is 2.28. The number of rotatable bonds is 4. The van der Waals surface area contributed by atoms with Crippen molar-refractivity contribution in [2.45, 2.75) is 18.4 Å². The molecular formula is C14H15FN2O3S. The molecule has 0 aromatic heterocycles. The molecule has 7 heteroatoms. The summed E-state index contributed by atoms with van der Waals surface area (Å²) in [5.74, 6) is -0.145. The van der Waals surface area contributed by atoms with Gasteiger partial charge in [0.25, 0.3) is 0 Å². The largest absolute Gasteiger partial charge is 0.488 e. The van der Waals surface area contributed by atoms with E-state index >= 15 is 0 Å². The van der Waals surface area contributed by atoms with Gasteiger partial charge in [-0.2, -0.15) is 0 Å². The first-order valence-corrected chi connectivity index (χ1v) is 7.63. The molecule has 2 aromatic rings. The lowest BCUT2D eigenvalue weighted by molar-refractivity contribution is 0.297. The molecule has 0 unspecified atom stereocenters. The third-order valence-corrected chi connectivity index (χ3v) is 4.02. The minimum Gasteiger partial charge on any atom is -0.488 e. The lowest BCUT2D eigenvalue weighted by Gasteiger charge is -2.13. The van der Waals surface area contributed by atoms with Crippen molar-refractivity contribution in [3.8, 4) is 5.75 Å². The van der Waals surface area contributed by atoms with E-state index in [0.717, 1.165) is 0 Å². The average molecular weight is 310 g/mol. The van der Waals surface area contributed by atoms with Crippen molar-refractivity contribution in [3.63, 3.8) is 0 Å². The second kappa shape index (κ2) is 5.71. The van der Waals surface area contributed by atoms with Crippen molar-refractivity contribution >= 4 is 15.7 Å². The molecule has 0 radical (unpaired) electrons. The predicted octanol–water partition coefficient (Wildman–Crippen LogP) is 1.94. The highest BCUT2D eigenvalue weighted by molar-refractivity contribution is 7.89. The Bertz CT molecular complexity index is 776. The molecule has 2 aromatic carbocycles. The molecule has 0 spiro atoms. The Balaban J connectivity index is 2.33. The lowest BCUT2D eigenvalue weighted by Crippen LogP contribution is -2.15. The molecule has 0 heterocycles. The Morgan fingerprint density at radius 1 is 1.24 bits per heavy atom. The summed E-state index contributed by atoms with van der Waals surface area (Å²) in [6.45, 7) is 1.51. The maximum absolute atomic E-state index is 13.5. The quantitative estimate of drug-likeness (QED) is 0.844. The number of nitrogen functional groups attached to an aromatic ring is 1. The van der Waals surface area contributed by atoms with Crippen molar-refractivity contribution in [2.24, 2.45) is 5.14 Å². The number of sulfonamides is 1. The van der Waals surface area contributed by atoms with Crippen LogP contribution < -0.4 is 15.6 Å². The van der Waals surface area contributed by atoms with E-state index in [1.807, 2.05) is 0 Å². The number of hydrogen-bond acceptors (Lipinski definition) is 4. The van der Waals surface area contributed by atoms with Crippen molar-refractivity contribution in [2.75, 3.05) is 5.73 Å². The fourth-order valence-corrected chi connectivity index (χ4v) is 2.73. The van der Waals surface area contributed by atoms with Crippen molar-refractivity contribution < 1.29 is 17.5 Å². The van der Waals surface area contributed by atoms with E-state index in [9.17, 15) is 12.8 Å². The predicted molar refractivity (Wildman–Crippen MR) is 77.7 cm³/mol. The van der Waals surface area contributed by atoms with Crippen LogP contribution in [-0.4, -0.2) is 8.42 Å². The maximum atomic E-state index is 13.5. The van der Waals surface area contributed by atoms with Gasteiger partial charge in [0.2, 0.25) is 10.0 Å². The first-order valence-electron chi connectivity index (χ1n) is 6.08. The fourth-order valence-electron chi connectivity index (χ4n) is 1.90. The fraction of sp³-hybridized carbons (Fsp3) is 0.143. The summed E-state index contributed by atoms with van der Waals surface area (Å²) < 4.78 is 42.0. The van der Waals surface area contributed by atoms with Crippen LogP contribution in [0.3, 0.4) is 0 Å². The van der Waals surface area contributed by atoms with Crippen LogP contribution in [0, 0.1) is 12.7 Å². The van der Waals surface area contributed by atoms with Crippen molar-refractivity contribution in [3.05, 3.63) is 53.3 Å². The molecule has 0 atom stereocenters. The summed E-state index contributed by atoms with van der Waals surface area (Å²) >= 11 is 0. The maximum Gasteiger partial charge on any atom is 0.238 e. The van der Waals surface area contributed by atoms with Gasteiger partial charge in [0.05, 0.1) is 4.90 Å². The van der Waals surface area contributed by atoms with E-state index in [0.29, 0.717) is 11.1 Å². The van der Waals surface area contributed by atoms with Gasteiger partial charge < -0.3 is 10.5 Å². The standard InChI is InChI=1S/C14H15FN2O3S/c1-9-13(6-11(16)7-14(9)21(17,18)19)20-8-10-4-2-3-5-12(10)15/h2-7H,8,16H2,1H3,(H2,17,18,19). The van der Waals surface area contributed by atoms with Gasteiger partial charge in [-0.3, -0.25) is 0 Å². The van der Waals surface area contributed by atoms with Crippen LogP contribution in [0.25, 0.3) is 0 Å². The van der Waals surface area contributed by atoms with Gasteiger partial charge >= 0.3 is 0 Å². The Labute approximate surface area is 122 Å². The third kappa shape index (κ3) is 3.50. The topological polar surface area (TPSA) is 95.4 Å². The normalized spacial score (nSPS) is 11.4. The number of anilines is 1. The van der Waals surface area contributed by atoms with Gasteiger partial charge in [0, 0.05) is 22.9 Å². The van der Waals surface area contributed by atoms with E-state index in [2.05, 4.69) is 0 Å². The van der Waals surface area contributed by atoms with Crippen molar-refractivity contribution in [1.82, 2.24) is 0 Å². The molecule has 0 amide bonds. The Hall–Kier alpha value is -2.12. The second-order valence-corrected chi connectivity index (χ2v) is 6.10. The average Bonchev–Trinajstić information content (AvgIpc) is 2.39. The summed E-state index contributed by atoms with van der Waals surface area (Å²) in [6.07, 6.45) is 0. The summed E-state index contributed by atoms with van der Waals surface area (Å²) in [4.78, 5) is -0.106.